The van der Waals surface area contributed by atoms with Crippen molar-refractivity contribution in [3.8, 4) is 5.75 Å². The fraction of sp³-hybridized carbons (Fsp3) is 0.320. The van der Waals surface area contributed by atoms with Crippen molar-refractivity contribution in [2.45, 2.75) is 31.7 Å². The highest BCUT2D eigenvalue weighted by molar-refractivity contribution is 7.92. The minimum Gasteiger partial charge on any atom is -0.497 e. The third kappa shape index (κ3) is 7.20. The summed E-state index contributed by atoms with van der Waals surface area (Å²) in [5, 5.41) is 3.17. The monoisotopic (exact) mass is 547 g/mol. The van der Waals surface area contributed by atoms with Crippen molar-refractivity contribution in [2.75, 3.05) is 30.4 Å². The second-order valence-corrected chi connectivity index (χ2v) is 10.5. The number of sulfonamides is 1. The number of rotatable bonds is 12. The highest BCUT2D eigenvalue weighted by Crippen LogP contribution is 2.31. The predicted octanol–water partition coefficient (Wildman–Crippen LogP) is 4.16. The molecule has 1 unspecified atom stereocenters. The Bertz CT molecular complexity index is 1290. The first-order valence-electron chi connectivity index (χ1n) is 11.5. The summed E-state index contributed by atoms with van der Waals surface area (Å²) in [4.78, 5) is 26.6. The zero-order valence-corrected chi connectivity index (χ0v) is 22.5. The van der Waals surface area contributed by atoms with E-state index in [0.717, 1.165) is 4.88 Å². The lowest BCUT2D eigenvalue weighted by atomic mass is 9.92. The summed E-state index contributed by atoms with van der Waals surface area (Å²) in [7, 11) is -2.33. The quantitative estimate of drug-likeness (QED) is 0.253. The number of methoxy groups -OCH3 is 1. The number of carbonyl (C=O) groups excluding carboxylic acids is 2. The molecule has 12 heteroatoms. The molecule has 3 rings (SSSR count). The van der Waals surface area contributed by atoms with E-state index in [2.05, 4.69) is 14.4 Å². The average Bonchev–Trinajstić information content (AvgIpc) is 3.28. The minimum absolute atomic E-state index is 0.0250. The van der Waals surface area contributed by atoms with Gasteiger partial charge in [0.1, 0.15) is 5.75 Å². The number of nitrogens with zero attached hydrogens (tertiary/aromatic N) is 1. The molecule has 0 aliphatic rings. The van der Waals surface area contributed by atoms with E-state index < -0.39 is 33.9 Å². The van der Waals surface area contributed by atoms with E-state index in [4.69, 9.17) is 14.2 Å². The maximum absolute atomic E-state index is 12.9. The molecule has 198 valence electrons. The summed E-state index contributed by atoms with van der Waals surface area (Å²) in [5.74, 6) is -1.95. The maximum atomic E-state index is 12.9. The van der Waals surface area contributed by atoms with Gasteiger partial charge in [-0.25, -0.2) is 8.42 Å². The van der Waals surface area contributed by atoms with Crippen molar-refractivity contribution in [1.29, 1.82) is 0 Å². The molecule has 2 N–H and O–H groups in total. The average molecular weight is 548 g/mol. The molecule has 0 spiro atoms. The summed E-state index contributed by atoms with van der Waals surface area (Å²) in [6.45, 7) is 5.30. The van der Waals surface area contributed by atoms with Gasteiger partial charge in [0.2, 0.25) is 0 Å². The van der Waals surface area contributed by atoms with Gasteiger partial charge in [-0.3, -0.25) is 14.3 Å². The number of esters is 2. The molecule has 37 heavy (non-hydrogen) atoms. The van der Waals surface area contributed by atoms with Crippen LogP contribution in [0.2, 0.25) is 0 Å². The summed E-state index contributed by atoms with van der Waals surface area (Å²) in [5.41, 5.74) is 1.08. The van der Waals surface area contributed by atoms with E-state index in [1.165, 1.54) is 30.8 Å². The van der Waals surface area contributed by atoms with Crippen molar-refractivity contribution in [3.05, 3.63) is 65.0 Å². The molecule has 0 saturated carbocycles. The molecule has 0 saturated heterocycles. The van der Waals surface area contributed by atoms with Gasteiger partial charge in [0, 0.05) is 10.6 Å². The molecule has 0 bridgehead atoms. The van der Waals surface area contributed by atoms with Crippen LogP contribution in [0.3, 0.4) is 0 Å². The van der Waals surface area contributed by atoms with Gasteiger partial charge in [0.25, 0.3) is 10.0 Å². The summed E-state index contributed by atoms with van der Waals surface area (Å²) in [6.07, 6.45) is 0. The van der Waals surface area contributed by atoms with E-state index in [-0.39, 0.29) is 23.9 Å². The first-order valence-corrected chi connectivity index (χ1v) is 13.7. The van der Waals surface area contributed by atoms with Crippen LogP contribution in [0.5, 0.6) is 5.75 Å². The van der Waals surface area contributed by atoms with Gasteiger partial charge in [-0.1, -0.05) is 12.1 Å². The van der Waals surface area contributed by atoms with Crippen molar-refractivity contribution in [3.63, 3.8) is 0 Å². The Morgan fingerprint density at radius 1 is 0.973 bits per heavy atom. The van der Waals surface area contributed by atoms with Crippen LogP contribution in [0.25, 0.3) is 0 Å². The molecule has 2 aromatic carbocycles. The molecule has 0 radical (unpaired) electrons. The van der Waals surface area contributed by atoms with Crippen LogP contribution in [0.4, 0.5) is 11.5 Å². The number of hydrogen-bond acceptors (Lipinski definition) is 10. The smallest absolute Gasteiger partial charge is 0.322 e. The number of benzene rings is 2. The van der Waals surface area contributed by atoms with Crippen molar-refractivity contribution < 1.29 is 32.2 Å². The lowest BCUT2D eigenvalue weighted by molar-refractivity contribution is -0.162. The van der Waals surface area contributed by atoms with Gasteiger partial charge in [-0.05, 0) is 80.3 Å². The van der Waals surface area contributed by atoms with Crippen molar-refractivity contribution in [2.24, 2.45) is 5.92 Å². The standard InChI is InChI=1S/C25H29N3O7S2/c1-5-34-24(29)22(25(30)35-6-2)23(17-7-11-19(33-4)12-8-17)26-18-9-13-20(14-10-18)37(31,32)28-21-15-16(3)36-27-21/h7-15,22-23,26H,5-6H2,1-4H3,(H,27,28). The number of nitrogens with one attached hydrogen (secondary N) is 2. The zero-order chi connectivity index (χ0) is 27.0. The molecule has 0 aliphatic heterocycles. The van der Waals surface area contributed by atoms with Gasteiger partial charge in [0.05, 0.1) is 31.3 Å². The molecule has 0 aliphatic carbocycles. The van der Waals surface area contributed by atoms with Crippen LogP contribution in [-0.2, 0) is 29.1 Å². The number of aryl methyl sites for hydroxylation is 1. The topological polar surface area (TPSA) is 133 Å². The second kappa shape index (κ2) is 12.5. The summed E-state index contributed by atoms with van der Waals surface area (Å²) >= 11 is 1.19. The maximum Gasteiger partial charge on any atom is 0.322 e. The highest BCUT2D eigenvalue weighted by Gasteiger charge is 2.38. The van der Waals surface area contributed by atoms with Crippen LogP contribution in [-0.4, -0.2) is 45.1 Å². The number of hydrogen-bond donors (Lipinski definition) is 2. The molecular weight excluding hydrogens is 518 g/mol. The largest absolute Gasteiger partial charge is 0.497 e. The van der Waals surface area contributed by atoms with Gasteiger partial charge < -0.3 is 19.5 Å². The van der Waals surface area contributed by atoms with Crippen LogP contribution >= 0.6 is 11.5 Å². The predicted molar refractivity (Wildman–Crippen MR) is 140 cm³/mol. The van der Waals surface area contributed by atoms with E-state index in [0.29, 0.717) is 17.0 Å². The summed E-state index contributed by atoms with van der Waals surface area (Å²) in [6, 6.07) is 13.6. The van der Waals surface area contributed by atoms with Gasteiger partial charge in [0.15, 0.2) is 11.7 Å². The number of carbonyl (C=O) groups is 2. The molecule has 0 fully saturated rings. The fourth-order valence-corrected chi connectivity index (χ4v) is 5.08. The first kappa shape index (κ1) is 27.9. The Balaban J connectivity index is 1.93. The lowest BCUT2D eigenvalue weighted by Gasteiger charge is -2.27. The van der Waals surface area contributed by atoms with Crippen molar-refractivity contribution in [1.82, 2.24) is 4.37 Å². The molecule has 1 aromatic heterocycles. The molecule has 1 atom stereocenters. The molecule has 1 heterocycles. The van der Waals surface area contributed by atoms with Crippen LogP contribution in [0, 0.1) is 12.8 Å². The lowest BCUT2D eigenvalue weighted by Crippen LogP contribution is -2.36. The fourth-order valence-electron chi connectivity index (χ4n) is 3.52. The number of ether oxygens (including phenoxy) is 3. The van der Waals surface area contributed by atoms with Crippen LogP contribution in [0.1, 0.15) is 30.3 Å². The molecule has 0 amide bonds. The van der Waals surface area contributed by atoms with E-state index in [1.54, 1.807) is 56.3 Å². The van der Waals surface area contributed by atoms with Gasteiger partial charge >= 0.3 is 11.9 Å². The van der Waals surface area contributed by atoms with Crippen LogP contribution < -0.4 is 14.8 Å². The number of aromatic nitrogens is 1. The first-order chi connectivity index (χ1) is 17.7. The van der Waals surface area contributed by atoms with Gasteiger partial charge in [-0.15, -0.1) is 0 Å². The zero-order valence-electron chi connectivity index (χ0n) is 20.9. The van der Waals surface area contributed by atoms with Gasteiger partial charge in [-0.2, -0.15) is 4.37 Å². The Kier molecular flexibility index (Phi) is 9.48. The Labute approximate surface area is 220 Å². The molecule has 3 aromatic rings. The summed E-state index contributed by atoms with van der Waals surface area (Å²) < 4.78 is 47.6. The Hall–Kier alpha value is -3.64. The third-order valence-corrected chi connectivity index (χ3v) is 7.31. The Morgan fingerprint density at radius 2 is 1.57 bits per heavy atom. The van der Waals surface area contributed by atoms with E-state index in [1.807, 2.05) is 6.92 Å². The van der Waals surface area contributed by atoms with E-state index >= 15 is 0 Å². The van der Waals surface area contributed by atoms with E-state index in [9.17, 15) is 18.0 Å². The minimum atomic E-state index is -3.86. The normalized spacial score (nSPS) is 12.0. The second-order valence-electron chi connectivity index (χ2n) is 7.83. The molecular formula is C25H29N3O7S2. The highest BCUT2D eigenvalue weighted by atomic mass is 32.2. The SMILES string of the molecule is CCOC(=O)C(C(=O)OCC)C(Nc1ccc(S(=O)(=O)Nc2cc(C)sn2)cc1)c1ccc(OC)cc1. The Morgan fingerprint density at radius 3 is 2.05 bits per heavy atom. The molecule has 10 nitrogen and oxygen atoms in total. The van der Waals surface area contributed by atoms with Crippen molar-refractivity contribution >= 4 is 45.0 Å². The number of anilines is 2. The third-order valence-electron chi connectivity index (χ3n) is 5.24. The van der Waals surface area contributed by atoms with Crippen LogP contribution in [0.15, 0.2) is 59.5 Å².